The van der Waals surface area contributed by atoms with Crippen molar-refractivity contribution in [2.24, 2.45) is 11.7 Å². The first kappa shape index (κ1) is 8.02. The van der Waals surface area contributed by atoms with Crippen LogP contribution in [0.5, 0.6) is 0 Å². The fourth-order valence-electron chi connectivity index (χ4n) is 1.76. The van der Waals surface area contributed by atoms with Crippen molar-refractivity contribution in [1.82, 2.24) is 4.90 Å². The van der Waals surface area contributed by atoms with Crippen LogP contribution in [0.15, 0.2) is 0 Å². The molecule has 0 aromatic heterocycles. The maximum absolute atomic E-state index is 5.90. The van der Waals surface area contributed by atoms with Crippen molar-refractivity contribution in [2.75, 3.05) is 20.6 Å². The Bertz CT molecular complexity index is 101. The van der Waals surface area contributed by atoms with Gasteiger partial charge in [-0.05, 0) is 32.9 Å². The molecule has 2 nitrogen and oxygen atoms in total. The Balaban J connectivity index is 2.26. The quantitative estimate of drug-likeness (QED) is 0.614. The Hall–Kier alpha value is -0.0800. The number of nitrogens with zero attached hydrogens (tertiary/aromatic N) is 1. The van der Waals surface area contributed by atoms with Crippen LogP contribution in [-0.2, 0) is 0 Å². The molecule has 0 radical (unpaired) electrons. The molecular weight excluding hydrogens is 124 g/mol. The van der Waals surface area contributed by atoms with E-state index in [2.05, 4.69) is 19.0 Å². The van der Waals surface area contributed by atoms with E-state index in [1.54, 1.807) is 0 Å². The van der Waals surface area contributed by atoms with Gasteiger partial charge in [-0.2, -0.15) is 0 Å². The summed E-state index contributed by atoms with van der Waals surface area (Å²) in [6.07, 6.45) is 3.90. The van der Waals surface area contributed by atoms with Gasteiger partial charge in [0.05, 0.1) is 0 Å². The Labute approximate surface area is 63.4 Å². The van der Waals surface area contributed by atoms with Crippen LogP contribution in [-0.4, -0.2) is 31.6 Å². The second kappa shape index (κ2) is 3.35. The summed E-state index contributed by atoms with van der Waals surface area (Å²) >= 11 is 0. The largest absolute Gasteiger partial charge is 0.327 e. The van der Waals surface area contributed by atoms with Crippen molar-refractivity contribution in [3.63, 3.8) is 0 Å². The molecule has 0 aromatic rings. The lowest BCUT2D eigenvalue weighted by atomic mass is 10.0. The molecule has 1 rings (SSSR count). The van der Waals surface area contributed by atoms with Crippen LogP contribution in [0.4, 0.5) is 0 Å². The fraction of sp³-hybridized carbons (Fsp3) is 1.00. The van der Waals surface area contributed by atoms with E-state index in [9.17, 15) is 0 Å². The maximum atomic E-state index is 5.90. The highest BCUT2D eigenvalue weighted by Gasteiger charge is 2.23. The third kappa shape index (κ3) is 1.96. The second-order valence-electron chi connectivity index (χ2n) is 3.62. The summed E-state index contributed by atoms with van der Waals surface area (Å²) in [6, 6.07) is 0.474. The summed E-state index contributed by atoms with van der Waals surface area (Å²) in [5, 5.41) is 0. The molecule has 1 aliphatic carbocycles. The molecule has 1 aliphatic rings. The number of rotatable bonds is 2. The van der Waals surface area contributed by atoms with E-state index in [1.807, 2.05) is 0 Å². The molecule has 1 fully saturated rings. The average molecular weight is 142 g/mol. The summed E-state index contributed by atoms with van der Waals surface area (Å²) in [4.78, 5) is 2.23. The molecule has 2 unspecified atom stereocenters. The first-order chi connectivity index (χ1) is 4.70. The van der Waals surface area contributed by atoms with E-state index in [4.69, 9.17) is 5.73 Å². The first-order valence-electron chi connectivity index (χ1n) is 4.10. The zero-order valence-electron chi connectivity index (χ0n) is 7.01. The molecule has 0 bridgehead atoms. The molecule has 1 saturated carbocycles. The summed E-state index contributed by atoms with van der Waals surface area (Å²) in [5.41, 5.74) is 5.90. The predicted molar refractivity (Wildman–Crippen MR) is 43.9 cm³/mol. The Morgan fingerprint density at radius 2 is 2.10 bits per heavy atom. The van der Waals surface area contributed by atoms with Gasteiger partial charge in [-0.1, -0.05) is 6.42 Å². The van der Waals surface area contributed by atoms with Crippen LogP contribution in [0.25, 0.3) is 0 Å². The van der Waals surface area contributed by atoms with Crippen LogP contribution in [0.2, 0.25) is 0 Å². The SMILES string of the molecule is CN(C)CC1CCCC1N. The van der Waals surface area contributed by atoms with Gasteiger partial charge >= 0.3 is 0 Å². The van der Waals surface area contributed by atoms with Crippen LogP contribution in [0.3, 0.4) is 0 Å². The van der Waals surface area contributed by atoms with Gasteiger partial charge in [0.1, 0.15) is 0 Å². The lowest BCUT2D eigenvalue weighted by Gasteiger charge is -2.19. The Kier molecular flexibility index (Phi) is 2.69. The van der Waals surface area contributed by atoms with Gasteiger partial charge in [0.2, 0.25) is 0 Å². The summed E-state index contributed by atoms with van der Waals surface area (Å²) < 4.78 is 0. The molecule has 2 N–H and O–H groups in total. The topological polar surface area (TPSA) is 29.3 Å². The van der Waals surface area contributed by atoms with Crippen molar-refractivity contribution >= 4 is 0 Å². The highest BCUT2D eigenvalue weighted by Crippen LogP contribution is 2.23. The normalized spacial score (nSPS) is 33.6. The number of hydrogen-bond donors (Lipinski definition) is 1. The highest BCUT2D eigenvalue weighted by molar-refractivity contribution is 4.81. The van der Waals surface area contributed by atoms with Crippen LogP contribution in [0, 0.1) is 5.92 Å². The standard InChI is InChI=1S/C8H18N2/c1-10(2)6-7-4-3-5-8(7)9/h7-8H,3-6,9H2,1-2H3. The molecule has 10 heavy (non-hydrogen) atoms. The monoisotopic (exact) mass is 142 g/mol. The summed E-state index contributed by atoms with van der Waals surface area (Å²) in [6.45, 7) is 1.17. The van der Waals surface area contributed by atoms with Crippen molar-refractivity contribution in [1.29, 1.82) is 0 Å². The van der Waals surface area contributed by atoms with E-state index in [-0.39, 0.29) is 0 Å². The lowest BCUT2D eigenvalue weighted by molar-refractivity contribution is 0.310. The number of nitrogens with two attached hydrogens (primary N) is 1. The summed E-state index contributed by atoms with van der Waals surface area (Å²) in [5.74, 6) is 0.759. The summed E-state index contributed by atoms with van der Waals surface area (Å²) in [7, 11) is 4.23. The lowest BCUT2D eigenvalue weighted by Crippen LogP contribution is -2.32. The molecule has 0 heterocycles. The fourth-order valence-corrected chi connectivity index (χ4v) is 1.76. The van der Waals surface area contributed by atoms with Crippen molar-refractivity contribution in [3.8, 4) is 0 Å². The minimum absolute atomic E-state index is 0.474. The molecule has 0 spiro atoms. The van der Waals surface area contributed by atoms with Gasteiger partial charge < -0.3 is 10.6 Å². The molecule has 60 valence electrons. The Morgan fingerprint density at radius 3 is 2.50 bits per heavy atom. The van der Waals surface area contributed by atoms with E-state index in [0.717, 1.165) is 5.92 Å². The Morgan fingerprint density at radius 1 is 1.40 bits per heavy atom. The third-order valence-corrected chi connectivity index (χ3v) is 2.32. The van der Waals surface area contributed by atoms with E-state index in [0.29, 0.717) is 6.04 Å². The van der Waals surface area contributed by atoms with Gasteiger partial charge in [-0.15, -0.1) is 0 Å². The second-order valence-corrected chi connectivity index (χ2v) is 3.62. The predicted octanol–water partition coefficient (Wildman–Crippen LogP) is 0.675. The average Bonchev–Trinajstić information content (AvgIpc) is 2.15. The molecule has 0 saturated heterocycles. The van der Waals surface area contributed by atoms with Crippen LogP contribution >= 0.6 is 0 Å². The van der Waals surface area contributed by atoms with Crippen molar-refractivity contribution in [3.05, 3.63) is 0 Å². The van der Waals surface area contributed by atoms with Crippen molar-refractivity contribution in [2.45, 2.75) is 25.3 Å². The molecule has 2 atom stereocenters. The molecular formula is C8H18N2. The van der Waals surface area contributed by atoms with Gasteiger partial charge in [0.15, 0.2) is 0 Å². The molecule has 0 amide bonds. The van der Waals surface area contributed by atoms with Crippen LogP contribution < -0.4 is 5.73 Å². The molecule has 2 heteroatoms. The molecule has 0 aliphatic heterocycles. The number of hydrogen-bond acceptors (Lipinski definition) is 2. The minimum atomic E-state index is 0.474. The van der Waals surface area contributed by atoms with Gasteiger partial charge in [-0.25, -0.2) is 0 Å². The van der Waals surface area contributed by atoms with Gasteiger partial charge in [0, 0.05) is 12.6 Å². The minimum Gasteiger partial charge on any atom is -0.327 e. The van der Waals surface area contributed by atoms with E-state index in [1.165, 1.54) is 25.8 Å². The maximum Gasteiger partial charge on any atom is 0.00793 e. The van der Waals surface area contributed by atoms with Gasteiger partial charge in [0.25, 0.3) is 0 Å². The zero-order valence-corrected chi connectivity index (χ0v) is 7.01. The van der Waals surface area contributed by atoms with Gasteiger partial charge in [-0.3, -0.25) is 0 Å². The highest BCUT2D eigenvalue weighted by atomic mass is 15.1. The van der Waals surface area contributed by atoms with E-state index < -0.39 is 0 Å². The van der Waals surface area contributed by atoms with Crippen molar-refractivity contribution < 1.29 is 0 Å². The van der Waals surface area contributed by atoms with Crippen LogP contribution in [0.1, 0.15) is 19.3 Å². The first-order valence-corrected chi connectivity index (χ1v) is 4.10. The van der Waals surface area contributed by atoms with E-state index >= 15 is 0 Å². The smallest absolute Gasteiger partial charge is 0.00793 e. The zero-order chi connectivity index (χ0) is 7.56. The third-order valence-electron chi connectivity index (χ3n) is 2.32. The molecule has 0 aromatic carbocycles.